The van der Waals surface area contributed by atoms with E-state index in [1.807, 2.05) is 36.6 Å². The molecule has 2 heterocycles. The molecule has 0 unspecified atom stereocenters. The van der Waals surface area contributed by atoms with Gasteiger partial charge in [0.1, 0.15) is 34.3 Å². The number of halogens is 2. The van der Waals surface area contributed by atoms with Gasteiger partial charge in [0.15, 0.2) is 5.13 Å². The number of hydrogen-bond donors (Lipinski definition) is 2. The Kier molecular flexibility index (Phi) is 7.64. The van der Waals surface area contributed by atoms with Crippen molar-refractivity contribution in [3.63, 3.8) is 0 Å². The van der Waals surface area contributed by atoms with Crippen molar-refractivity contribution in [2.45, 2.75) is 24.3 Å². The van der Waals surface area contributed by atoms with Gasteiger partial charge in [0.25, 0.3) is 0 Å². The maximum atomic E-state index is 12.3. The van der Waals surface area contributed by atoms with Gasteiger partial charge in [-0.1, -0.05) is 41.6 Å². The van der Waals surface area contributed by atoms with Crippen LogP contribution in [0.2, 0.25) is 0 Å². The number of benzene rings is 2. The van der Waals surface area contributed by atoms with Crippen LogP contribution in [0.4, 0.5) is 25.4 Å². The fourth-order valence-corrected chi connectivity index (χ4v) is 5.05. The minimum Gasteiger partial charge on any atom is -0.435 e. The number of nitrogens with two attached hydrogens (primary N) is 1. The Hall–Kier alpha value is -4.19. The highest BCUT2D eigenvalue weighted by Gasteiger charge is 2.21. The molecule has 0 saturated heterocycles. The van der Waals surface area contributed by atoms with E-state index >= 15 is 0 Å². The third-order valence-corrected chi connectivity index (χ3v) is 6.81. The number of rotatable bonds is 8. The molecule has 4 rings (SSSR count). The van der Waals surface area contributed by atoms with Gasteiger partial charge in [-0.05, 0) is 36.8 Å². The molecule has 0 bridgehead atoms. The molecule has 4 aromatic rings. The topological polar surface area (TPSA) is 121 Å². The first-order valence-electron chi connectivity index (χ1n) is 10.5. The number of aryl methyl sites for hydroxylation is 1. The van der Waals surface area contributed by atoms with Gasteiger partial charge in [-0.15, -0.1) is 11.3 Å². The molecule has 11 heteroatoms. The first-order chi connectivity index (χ1) is 17.4. The van der Waals surface area contributed by atoms with Crippen LogP contribution in [0.25, 0.3) is 11.1 Å². The molecule has 36 heavy (non-hydrogen) atoms. The Morgan fingerprint density at radius 2 is 1.75 bits per heavy atom. The van der Waals surface area contributed by atoms with Gasteiger partial charge in [0, 0.05) is 22.4 Å². The number of ether oxygens (including phenoxy) is 1. The van der Waals surface area contributed by atoms with Crippen LogP contribution in [0, 0.1) is 29.6 Å². The lowest BCUT2D eigenvalue weighted by Gasteiger charge is -2.13. The molecule has 0 atom stereocenters. The lowest BCUT2D eigenvalue weighted by Crippen LogP contribution is -2.03. The first-order valence-corrected chi connectivity index (χ1v) is 12.3. The number of nitrogen functional groups attached to an aromatic ring is 1. The summed E-state index contributed by atoms with van der Waals surface area (Å²) in [7, 11) is 0. The van der Waals surface area contributed by atoms with Crippen molar-refractivity contribution in [3.8, 4) is 29.0 Å². The van der Waals surface area contributed by atoms with Crippen molar-refractivity contribution in [2.24, 2.45) is 0 Å². The number of aromatic nitrogens is 2. The molecule has 0 aliphatic carbocycles. The maximum absolute atomic E-state index is 12.3. The van der Waals surface area contributed by atoms with E-state index < -0.39 is 6.61 Å². The Morgan fingerprint density at radius 1 is 1.06 bits per heavy atom. The van der Waals surface area contributed by atoms with Gasteiger partial charge in [0.05, 0.1) is 11.3 Å². The summed E-state index contributed by atoms with van der Waals surface area (Å²) in [5.74, 6) is 0.549. The predicted molar refractivity (Wildman–Crippen MR) is 136 cm³/mol. The van der Waals surface area contributed by atoms with Gasteiger partial charge < -0.3 is 15.8 Å². The summed E-state index contributed by atoms with van der Waals surface area (Å²) < 4.78 is 29.0. The average molecular weight is 521 g/mol. The second kappa shape index (κ2) is 11.0. The lowest BCUT2D eigenvalue weighted by atomic mass is 9.96. The molecule has 0 amide bonds. The summed E-state index contributed by atoms with van der Waals surface area (Å²) in [6.45, 7) is -0.922. The minimum absolute atomic E-state index is 0.0643. The Labute approximate surface area is 214 Å². The largest absolute Gasteiger partial charge is 0.435 e. The molecule has 7 nitrogen and oxygen atoms in total. The number of nitrogens with one attached hydrogen (secondary N) is 1. The molecule has 0 saturated carbocycles. The molecule has 0 spiro atoms. The van der Waals surface area contributed by atoms with Crippen LogP contribution in [0.5, 0.6) is 5.75 Å². The van der Waals surface area contributed by atoms with Crippen LogP contribution in [0.15, 0.2) is 58.9 Å². The van der Waals surface area contributed by atoms with Crippen LogP contribution >= 0.6 is 23.1 Å². The molecule has 180 valence electrons. The number of alkyl halides is 2. The van der Waals surface area contributed by atoms with E-state index in [0.717, 1.165) is 16.8 Å². The quantitative estimate of drug-likeness (QED) is 0.253. The lowest BCUT2D eigenvalue weighted by molar-refractivity contribution is -0.0498. The number of pyridine rings is 1. The van der Waals surface area contributed by atoms with E-state index in [4.69, 9.17) is 5.73 Å². The van der Waals surface area contributed by atoms with Crippen molar-refractivity contribution >= 4 is 39.7 Å². The normalized spacial score (nSPS) is 10.6. The Bertz CT molecular complexity index is 1460. The highest BCUT2D eigenvalue weighted by atomic mass is 32.2. The third kappa shape index (κ3) is 5.71. The van der Waals surface area contributed by atoms with Gasteiger partial charge in [-0.25, -0.2) is 9.97 Å². The number of nitrogens with zero attached hydrogens (tertiary/aromatic N) is 4. The smallest absolute Gasteiger partial charge is 0.387 e. The zero-order chi connectivity index (χ0) is 25.7. The Balaban J connectivity index is 1.52. The summed E-state index contributed by atoms with van der Waals surface area (Å²) >= 11 is 2.68. The minimum atomic E-state index is -2.88. The number of nitriles is 2. The first kappa shape index (κ1) is 24.9. The predicted octanol–water partition coefficient (Wildman–Crippen LogP) is 6.48. The van der Waals surface area contributed by atoms with Gasteiger partial charge in [-0.3, -0.25) is 0 Å². The van der Waals surface area contributed by atoms with Gasteiger partial charge >= 0.3 is 6.61 Å². The van der Waals surface area contributed by atoms with Crippen LogP contribution in [0.1, 0.15) is 22.4 Å². The van der Waals surface area contributed by atoms with E-state index in [1.165, 1.54) is 35.2 Å². The number of hydrogen-bond acceptors (Lipinski definition) is 9. The molecule has 0 fully saturated rings. The summed E-state index contributed by atoms with van der Waals surface area (Å²) in [6, 6.07) is 17.9. The molecule has 3 N–H and O–H groups in total. The summed E-state index contributed by atoms with van der Waals surface area (Å²) in [5, 5.41) is 25.6. The highest BCUT2D eigenvalue weighted by Crippen LogP contribution is 2.37. The zero-order valence-corrected chi connectivity index (χ0v) is 20.5. The van der Waals surface area contributed by atoms with Crippen molar-refractivity contribution in [3.05, 3.63) is 76.3 Å². The molecule has 0 radical (unpaired) electrons. The second-order valence-corrected chi connectivity index (χ2v) is 9.30. The second-order valence-electron chi connectivity index (χ2n) is 7.48. The van der Waals surface area contributed by atoms with Crippen LogP contribution in [0.3, 0.4) is 0 Å². The van der Waals surface area contributed by atoms with E-state index in [2.05, 4.69) is 32.2 Å². The van der Waals surface area contributed by atoms with Crippen molar-refractivity contribution in [1.82, 2.24) is 9.97 Å². The maximum Gasteiger partial charge on any atom is 0.387 e. The molecule has 2 aromatic heterocycles. The van der Waals surface area contributed by atoms with Crippen LogP contribution < -0.4 is 15.8 Å². The van der Waals surface area contributed by atoms with E-state index in [0.29, 0.717) is 27.2 Å². The summed E-state index contributed by atoms with van der Waals surface area (Å²) in [6.07, 6.45) is 0. The standard InChI is InChI=1S/C25H18F2N6OS2/c1-14-2-4-15(5-3-14)21-19(10-28)22(30)33-23(20(21)11-29)35-12-17-13-36-25(32-17)31-16-6-8-18(9-7-16)34-24(26)27/h2-9,13,24H,12H2,1H3,(H2,30,33)(H,31,32). The van der Waals surface area contributed by atoms with Crippen molar-refractivity contribution in [2.75, 3.05) is 11.1 Å². The van der Waals surface area contributed by atoms with E-state index in [-0.39, 0.29) is 22.7 Å². The van der Waals surface area contributed by atoms with Gasteiger partial charge in [-0.2, -0.15) is 19.3 Å². The number of thioether (sulfide) groups is 1. The number of thiazole rings is 1. The Morgan fingerprint density at radius 3 is 2.39 bits per heavy atom. The third-order valence-electron chi connectivity index (χ3n) is 5.00. The molecular formula is C25H18F2N6OS2. The molecule has 0 aliphatic rings. The SMILES string of the molecule is Cc1ccc(-c2c(C#N)c(N)nc(SCc3csc(Nc4ccc(OC(F)F)cc4)n3)c2C#N)cc1. The average Bonchev–Trinajstić information content (AvgIpc) is 3.31. The molecule has 2 aromatic carbocycles. The highest BCUT2D eigenvalue weighted by molar-refractivity contribution is 7.98. The molecular weight excluding hydrogens is 502 g/mol. The molecule has 0 aliphatic heterocycles. The van der Waals surface area contributed by atoms with Crippen LogP contribution in [-0.2, 0) is 5.75 Å². The zero-order valence-electron chi connectivity index (χ0n) is 18.8. The van der Waals surface area contributed by atoms with Crippen molar-refractivity contribution < 1.29 is 13.5 Å². The van der Waals surface area contributed by atoms with E-state index in [1.54, 1.807) is 12.1 Å². The van der Waals surface area contributed by atoms with Gasteiger partial charge in [0.2, 0.25) is 0 Å². The van der Waals surface area contributed by atoms with Crippen LogP contribution in [-0.4, -0.2) is 16.6 Å². The van der Waals surface area contributed by atoms with E-state index in [9.17, 15) is 19.3 Å². The fraction of sp³-hybridized carbons (Fsp3) is 0.120. The fourth-order valence-electron chi connectivity index (χ4n) is 3.33. The number of anilines is 3. The summed E-state index contributed by atoms with van der Waals surface area (Å²) in [5.41, 5.74) is 10.2. The monoisotopic (exact) mass is 520 g/mol. The van der Waals surface area contributed by atoms with Crippen molar-refractivity contribution in [1.29, 1.82) is 10.5 Å². The summed E-state index contributed by atoms with van der Waals surface area (Å²) in [4.78, 5) is 8.86.